The van der Waals surface area contributed by atoms with Gasteiger partial charge in [-0.2, -0.15) is 0 Å². The fourth-order valence-corrected chi connectivity index (χ4v) is 2.18. The SMILES string of the molecule is CCCNC(C)c1ccc(N(C)CCCOC)cc1O. The van der Waals surface area contributed by atoms with Crippen molar-refractivity contribution in [2.45, 2.75) is 32.7 Å². The number of anilines is 1. The predicted octanol–water partition coefficient (Wildman–Crippen LogP) is 2.93. The molecule has 114 valence electrons. The monoisotopic (exact) mass is 280 g/mol. The zero-order chi connectivity index (χ0) is 15.0. The first-order valence-electron chi connectivity index (χ1n) is 7.36. The van der Waals surface area contributed by atoms with E-state index in [0.717, 1.165) is 43.8 Å². The van der Waals surface area contributed by atoms with E-state index >= 15 is 0 Å². The molecule has 1 unspecified atom stereocenters. The molecule has 0 heterocycles. The van der Waals surface area contributed by atoms with Gasteiger partial charge in [0, 0.05) is 50.7 Å². The van der Waals surface area contributed by atoms with Crippen molar-refractivity contribution in [3.05, 3.63) is 23.8 Å². The molecule has 0 aliphatic heterocycles. The maximum absolute atomic E-state index is 10.2. The van der Waals surface area contributed by atoms with Crippen molar-refractivity contribution in [1.82, 2.24) is 5.32 Å². The number of benzene rings is 1. The second-order valence-electron chi connectivity index (χ2n) is 5.19. The van der Waals surface area contributed by atoms with Crippen LogP contribution in [-0.2, 0) is 4.74 Å². The lowest BCUT2D eigenvalue weighted by atomic mass is 10.1. The van der Waals surface area contributed by atoms with Crippen LogP contribution in [0.2, 0.25) is 0 Å². The van der Waals surface area contributed by atoms with Gasteiger partial charge < -0.3 is 20.1 Å². The van der Waals surface area contributed by atoms with Crippen molar-refractivity contribution in [2.24, 2.45) is 0 Å². The van der Waals surface area contributed by atoms with Gasteiger partial charge in [-0.3, -0.25) is 0 Å². The van der Waals surface area contributed by atoms with E-state index in [1.165, 1.54) is 0 Å². The molecule has 0 spiro atoms. The van der Waals surface area contributed by atoms with Gasteiger partial charge in [0.05, 0.1) is 0 Å². The molecule has 0 aromatic heterocycles. The number of phenols is 1. The first-order valence-corrected chi connectivity index (χ1v) is 7.36. The number of aromatic hydroxyl groups is 1. The Morgan fingerprint density at radius 2 is 2.15 bits per heavy atom. The molecule has 0 fully saturated rings. The molecule has 0 radical (unpaired) electrons. The third-order valence-electron chi connectivity index (χ3n) is 3.46. The number of nitrogens with one attached hydrogen (secondary N) is 1. The Morgan fingerprint density at radius 1 is 1.40 bits per heavy atom. The minimum atomic E-state index is 0.169. The highest BCUT2D eigenvalue weighted by atomic mass is 16.5. The molecule has 1 aromatic rings. The summed E-state index contributed by atoms with van der Waals surface area (Å²) in [6.45, 7) is 6.84. The van der Waals surface area contributed by atoms with Crippen LogP contribution in [0.25, 0.3) is 0 Å². The fourth-order valence-electron chi connectivity index (χ4n) is 2.18. The van der Waals surface area contributed by atoms with Crippen molar-refractivity contribution >= 4 is 5.69 Å². The first-order chi connectivity index (χ1) is 9.60. The van der Waals surface area contributed by atoms with E-state index in [2.05, 4.69) is 30.1 Å². The maximum atomic E-state index is 10.2. The highest BCUT2D eigenvalue weighted by Crippen LogP contribution is 2.28. The molecule has 1 aromatic carbocycles. The van der Waals surface area contributed by atoms with Crippen molar-refractivity contribution in [1.29, 1.82) is 0 Å². The summed E-state index contributed by atoms with van der Waals surface area (Å²) < 4.78 is 5.06. The molecule has 2 N–H and O–H groups in total. The van der Waals surface area contributed by atoms with Crippen LogP contribution in [-0.4, -0.2) is 39.0 Å². The molecular weight excluding hydrogens is 252 g/mol. The van der Waals surface area contributed by atoms with Gasteiger partial charge in [-0.15, -0.1) is 0 Å². The summed E-state index contributed by atoms with van der Waals surface area (Å²) >= 11 is 0. The molecule has 0 saturated carbocycles. The second kappa shape index (κ2) is 8.82. The number of methoxy groups -OCH3 is 1. The van der Waals surface area contributed by atoms with E-state index in [4.69, 9.17) is 4.74 Å². The summed E-state index contributed by atoms with van der Waals surface area (Å²) in [5.41, 5.74) is 1.98. The Kier molecular flexibility index (Phi) is 7.41. The number of ether oxygens (including phenoxy) is 1. The van der Waals surface area contributed by atoms with Crippen LogP contribution < -0.4 is 10.2 Å². The van der Waals surface area contributed by atoms with E-state index in [0.29, 0.717) is 5.75 Å². The van der Waals surface area contributed by atoms with Crippen LogP contribution >= 0.6 is 0 Å². The highest BCUT2D eigenvalue weighted by Gasteiger charge is 2.11. The number of hydrogen-bond acceptors (Lipinski definition) is 4. The van der Waals surface area contributed by atoms with Gasteiger partial charge >= 0.3 is 0 Å². The quantitative estimate of drug-likeness (QED) is 0.683. The molecule has 20 heavy (non-hydrogen) atoms. The Labute approximate surface area is 122 Å². The minimum absolute atomic E-state index is 0.169. The van der Waals surface area contributed by atoms with Crippen LogP contribution in [0, 0.1) is 0 Å². The minimum Gasteiger partial charge on any atom is -0.508 e. The van der Waals surface area contributed by atoms with Crippen molar-refractivity contribution in [3.8, 4) is 5.75 Å². The Bertz CT molecular complexity index is 396. The average Bonchev–Trinajstić information content (AvgIpc) is 2.44. The van der Waals surface area contributed by atoms with Gasteiger partial charge in [0.25, 0.3) is 0 Å². The molecule has 1 atom stereocenters. The zero-order valence-electron chi connectivity index (χ0n) is 13.1. The molecule has 0 aliphatic rings. The van der Waals surface area contributed by atoms with Gasteiger partial charge in [-0.1, -0.05) is 13.0 Å². The number of nitrogens with zero attached hydrogens (tertiary/aromatic N) is 1. The third-order valence-corrected chi connectivity index (χ3v) is 3.46. The zero-order valence-corrected chi connectivity index (χ0v) is 13.1. The van der Waals surface area contributed by atoms with Crippen molar-refractivity contribution in [2.75, 3.05) is 38.8 Å². The predicted molar refractivity (Wildman–Crippen MR) is 84.6 cm³/mol. The molecule has 1 rings (SSSR count). The van der Waals surface area contributed by atoms with Crippen LogP contribution in [0.1, 0.15) is 38.3 Å². The van der Waals surface area contributed by atoms with Crippen LogP contribution in [0.5, 0.6) is 5.75 Å². The molecular formula is C16H28N2O2. The lowest BCUT2D eigenvalue weighted by Crippen LogP contribution is -2.21. The summed E-state index contributed by atoms with van der Waals surface area (Å²) in [5, 5.41) is 13.6. The summed E-state index contributed by atoms with van der Waals surface area (Å²) in [7, 11) is 3.74. The molecule has 4 nitrogen and oxygen atoms in total. The molecule has 0 amide bonds. The van der Waals surface area contributed by atoms with E-state index in [1.807, 2.05) is 19.2 Å². The second-order valence-corrected chi connectivity index (χ2v) is 5.19. The Morgan fingerprint density at radius 3 is 2.75 bits per heavy atom. The summed E-state index contributed by atoms with van der Waals surface area (Å²) in [5.74, 6) is 0.359. The molecule has 0 bridgehead atoms. The van der Waals surface area contributed by atoms with Crippen molar-refractivity contribution < 1.29 is 9.84 Å². The Hall–Kier alpha value is -1.26. The smallest absolute Gasteiger partial charge is 0.122 e. The standard InChI is InChI=1S/C16H28N2O2/c1-5-9-17-13(2)15-8-7-14(12-16(15)19)18(3)10-6-11-20-4/h7-8,12-13,17,19H,5-6,9-11H2,1-4H3. The average molecular weight is 280 g/mol. The van der Waals surface area contributed by atoms with E-state index in [1.54, 1.807) is 7.11 Å². The van der Waals surface area contributed by atoms with E-state index < -0.39 is 0 Å². The Balaban J connectivity index is 2.66. The van der Waals surface area contributed by atoms with Crippen LogP contribution in [0.3, 0.4) is 0 Å². The number of phenolic OH excluding ortho intramolecular Hbond substituents is 1. The highest BCUT2D eigenvalue weighted by molar-refractivity contribution is 5.53. The normalized spacial score (nSPS) is 12.4. The maximum Gasteiger partial charge on any atom is 0.122 e. The summed E-state index contributed by atoms with van der Waals surface area (Å²) in [6.07, 6.45) is 2.06. The van der Waals surface area contributed by atoms with Gasteiger partial charge in [0.1, 0.15) is 5.75 Å². The third kappa shape index (κ3) is 5.02. The molecule has 4 heteroatoms. The topological polar surface area (TPSA) is 44.7 Å². The summed E-state index contributed by atoms with van der Waals surface area (Å²) in [4.78, 5) is 2.13. The largest absolute Gasteiger partial charge is 0.508 e. The van der Waals surface area contributed by atoms with E-state index in [9.17, 15) is 5.11 Å². The van der Waals surface area contributed by atoms with E-state index in [-0.39, 0.29) is 6.04 Å². The first kappa shape index (κ1) is 16.8. The van der Waals surface area contributed by atoms with Gasteiger partial charge in [0.2, 0.25) is 0 Å². The number of hydrogen-bond donors (Lipinski definition) is 2. The van der Waals surface area contributed by atoms with Gasteiger partial charge in [0.15, 0.2) is 0 Å². The summed E-state index contributed by atoms with van der Waals surface area (Å²) in [6, 6.07) is 6.08. The molecule has 0 aliphatic carbocycles. The lowest BCUT2D eigenvalue weighted by molar-refractivity contribution is 0.196. The lowest BCUT2D eigenvalue weighted by Gasteiger charge is -2.21. The van der Waals surface area contributed by atoms with Crippen LogP contribution in [0.15, 0.2) is 18.2 Å². The molecule has 0 saturated heterocycles. The van der Waals surface area contributed by atoms with Crippen LogP contribution in [0.4, 0.5) is 5.69 Å². The van der Waals surface area contributed by atoms with Gasteiger partial charge in [-0.25, -0.2) is 0 Å². The number of rotatable bonds is 9. The fraction of sp³-hybridized carbons (Fsp3) is 0.625. The van der Waals surface area contributed by atoms with Crippen molar-refractivity contribution in [3.63, 3.8) is 0 Å². The van der Waals surface area contributed by atoms with Gasteiger partial charge in [-0.05, 0) is 32.4 Å².